The topological polar surface area (TPSA) is 228 Å². The van der Waals surface area contributed by atoms with Gasteiger partial charge in [0.25, 0.3) is 0 Å². The van der Waals surface area contributed by atoms with Crippen molar-refractivity contribution in [2.24, 2.45) is 0 Å². The van der Waals surface area contributed by atoms with Crippen LogP contribution in [0.25, 0.3) is 0 Å². The first-order chi connectivity index (χ1) is 28.6. The van der Waals surface area contributed by atoms with Gasteiger partial charge in [0.15, 0.2) is 12.6 Å². The standard InChI is InChI=1S/C45H79NO13/c1-3-5-7-9-11-13-15-17-19-21-23-25-27-29-37(50)46-33(34(49)28-26-24-22-20-18-16-14-12-10-8-6-4-2)32-56-44-42(55)40(53)43(36(31-48)58-44)59-45-41(54)39(52)38(51)35(30-47)57-45/h10,12-13,15,18,20,26,28,33-36,38-45,47-49,51-55H,3-9,11,14,16-17,19,21-25,27,29-32H2,1-2H3,(H,46,50)/b12-10+,15-13-,20-18+,28-26+. The van der Waals surface area contributed by atoms with Gasteiger partial charge in [0.05, 0.1) is 32.0 Å². The van der Waals surface area contributed by atoms with Crippen molar-refractivity contribution in [2.45, 2.75) is 209 Å². The van der Waals surface area contributed by atoms with Gasteiger partial charge in [-0.3, -0.25) is 4.79 Å². The fourth-order valence-electron chi connectivity index (χ4n) is 6.95. The molecule has 14 heteroatoms. The minimum absolute atomic E-state index is 0.258. The van der Waals surface area contributed by atoms with E-state index in [0.717, 1.165) is 64.2 Å². The highest BCUT2D eigenvalue weighted by Gasteiger charge is 2.50. The van der Waals surface area contributed by atoms with Gasteiger partial charge >= 0.3 is 0 Å². The molecule has 0 aromatic heterocycles. The molecule has 9 N–H and O–H groups in total. The summed E-state index contributed by atoms with van der Waals surface area (Å²) in [6.45, 7) is 2.64. The molecule has 342 valence electrons. The Morgan fingerprint density at radius 2 is 1.10 bits per heavy atom. The third-order valence-electron chi connectivity index (χ3n) is 10.7. The van der Waals surface area contributed by atoms with E-state index in [1.54, 1.807) is 6.08 Å². The maximum absolute atomic E-state index is 13.1. The van der Waals surface area contributed by atoms with E-state index in [1.165, 1.54) is 38.5 Å². The van der Waals surface area contributed by atoms with Crippen LogP contribution in [-0.2, 0) is 23.7 Å². The van der Waals surface area contributed by atoms with Gasteiger partial charge in [0, 0.05) is 6.42 Å². The molecule has 14 nitrogen and oxygen atoms in total. The Morgan fingerprint density at radius 1 is 0.593 bits per heavy atom. The second kappa shape index (κ2) is 32.6. The number of nitrogens with one attached hydrogen (secondary N) is 1. The molecule has 2 aliphatic rings. The summed E-state index contributed by atoms with van der Waals surface area (Å²) in [5.41, 5.74) is 0. The van der Waals surface area contributed by atoms with Crippen LogP contribution < -0.4 is 5.32 Å². The highest BCUT2D eigenvalue weighted by molar-refractivity contribution is 5.76. The zero-order valence-electron chi connectivity index (χ0n) is 35.7. The molecule has 0 spiro atoms. The molecular formula is C45H79NO13. The van der Waals surface area contributed by atoms with Gasteiger partial charge in [0.2, 0.25) is 5.91 Å². The number of hydrogen-bond donors (Lipinski definition) is 9. The lowest BCUT2D eigenvalue weighted by Gasteiger charge is -2.46. The lowest BCUT2D eigenvalue weighted by molar-refractivity contribution is -0.359. The fraction of sp³-hybridized carbons (Fsp3) is 0.800. The molecular weight excluding hydrogens is 762 g/mol. The van der Waals surface area contributed by atoms with Crippen molar-refractivity contribution < 1.29 is 64.6 Å². The molecule has 1 amide bonds. The average molecular weight is 842 g/mol. The SMILES string of the molecule is CCCC/C=C/CC/C=C/CC/C=C/C(O)C(COC1OC(CO)C(OC2OC(CO)C(O)C(O)C2O)C(O)C1O)NC(=O)CCCCCCC/C=C\CCCCCC. The summed E-state index contributed by atoms with van der Waals surface area (Å²) in [7, 11) is 0. The molecule has 0 bridgehead atoms. The first-order valence-electron chi connectivity index (χ1n) is 22.4. The summed E-state index contributed by atoms with van der Waals surface area (Å²) in [6, 6.07) is -0.939. The van der Waals surface area contributed by atoms with Crippen LogP contribution in [0.2, 0.25) is 0 Å². The number of ether oxygens (including phenoxy) is 4. The van der Waals surface area contributed by atoms with Gasteiger partial charge in [0.1, 0.15) is 48.8 Å². The van der Waals surface area contributed by atoms with Crippen LogP contribution in [0.15, 0.2) is 48.6 Å². The van der Waals surface area contributed by atoms with E-state index in [2.05, 4.69) is 55.6 Å². The quantitative estimate of drug-likeness (QED) is 0.0343. The highest BCUT2D eigenvalue weighted by Crippen LogP contribution is 2.30. The molecule has 0 aromatic carbocycles. The van der Waals surface area contributed by atoms with E-state index in [1.807, 2.05) is 6.08 Å². The van der Waals surface area contributed by atoms with Gasteiger partial charge < -0.3 is 65.1 Å². The molecule has 2 saturated heterocycles. The normalized spacial score (nSPS) is 29.0. The number of aliphatic hydroxyl groups excluding tert-OH is 8. The first kappa shape index (κ1) is 53.1. The van der Waals surface area contributed by atoms with Crippen LogP contribution in [0.3, 0.4) is 0 Å². The van der Waals surface area contributed by atoms with Crippen LogP contribution in [-0.4, -0.2) is 140 Å². The smallest absolute Gasteiger partial charge is 0.220 e. The second-order valence-electron chi connectivity index (χ2n) is 15.8. The first-order valence-corrected chi connectivity index (χ1v) is 22.4. The fourth-order valence-corrected chi connectivity index (χ4v) is 6.95. The van der Waals surface area contributed by atoms with Crippen molar-refractivity contribution in [3.63, 3.8) is 0 Å². The summed E-state index contributed by atoms with van der Waals surface area (Å²) >= 11 is 0. The molecule has 0 aromatic rings. The largest absolute Gasteiger partial charge is 0.394 e. The summed E-state index contributed by atoms with van der Waals surface area (Å²) < 4.78 is 22.6. The predicted octanol–water partition coefficient (Wildman–Crippen LogP) is 4.15. The zero-order valence-corrected chi connectivity index (χ0v) is 35.7. The van der Waals surface area contributed by atoms with E-state index < -0.39 is 86.8 Å². The molecule has 2 aliphatic heterocycles. The van der Waals surface area contributed by atoms with E-state index in [4.69, 9.17) is 18.9 Å². The van der Waals surface area contributed by atoms with Gasteiger partial charge in [-0.2, -0.15) is 0 Å². The highest BCUT2D eigenvalue weighted by atomic mass is 16.7. The Bertz CT molecular complexity index is 1180. The summed E-state index contributed by atoms with van der Waals surface area (Å²) in [5.74, 6) is -0.268. The number of aliphatic hydroxyl groups is 8. The number of amides is 1. The number of hydrogen-bond acceptors (Lipinski definition) is 13. The van der Waals surface area contributed by atoms with Gasteiger partial charge in [-0.25, -0.2) is 0 Å². The number of allylic oxidation sites excluding steroid dienone is 7. The van der Waals surface area contributed by atoms with E-state index in [0.29, 0.717) is 12.8 Å². The molecule has 2 fully saturated rings. The van der Waals surface area contributed by atoms with Crippen LogP contribution >= 0.6 is 0 Å². The molecule has 2 heterocycles. The molecule has 12 atom stereocenters. The lowest BCUT2D eigenvalue weighted by Crippen LogP contribution is -2.65. The average Bonchev–Trinajstić information content (AvgIpc) is 3.23. The Labute approximate surface area is 353 Å². The van der Waals surface area contributed by atoms with Crippen molar-refractivity contribution in [3.8, 4) is 0 Å². The monoisotopic (exact) mass is 842 g/mol. The van der Waals surface area contributed by atoms with Crippen molar-refractivity contribution in [1.29, 1.82) is 0 Å². The minimum atomic E-state index is -1.79. The number of carbonyl (C=O) groups excluding carboxylic acids is 1. The molecule has 0 radical (unpaired) electrons. The Balaban J connectivity index is 1.94. The van der Waals surface area contributed by atoms with Gasteiger partial charge in [-0.15, -0.1) is 0 Å². The van der Waals surface area contributed by atoms with Crippen molar-refractivity contribution in [3.05, 3.63) is 48.6 Å². The third-order valence-corrected chi connectivity index (χ3v) is 10.7. The Morgan fingerprint density at radius 3 is 1.71 bits per heavy atom. The maximum atomic E-state index is 13.1. The Hall–Kier alpha value is -2.05. The predicted molar refractivity (Wildman–Crippen MR) is 226 cm³/mol. The zero-order chi connectivity index (χ0) is 43.3. The number of rotatable bonds is 32. The van der Waals surface area contributed by atoms with Gasteiger partial charge in [-0.05, 0) is 64.2 Å². The van der Waals surface area contributed by atoms with E-state index in [9.17, 15) is 45.6 Å². The van der Waals surface area contributed by atoms with Crippen LogP contribution in [0, 0.1) is 0 Å². The lowest BCUT2D eigenvalue weighted by atomic mass is 9.97. The minimum Gasteiger partial charge on any atom is -0.394 e. The van der Waals surface area contributed by atoms with Crippen LogP contribution in [0.4, 0.5) is 0 Å². The summed E-state index contributed by atoms with van der Waals surface area (Å²) in [6.07, 6.45) is 18.8. The Kier molecular flexibility index (Phi) is 29.4. The van der Waals surface area contributed by atoms with E-state index in [-0.39, 0.29) is 18.9 Å². The van der Waals surface area contributed by atoms with Gasteiger partial charge in [-0.1, -0.05) is 114 Å². The third kappa shape index (κ3) is 21.1. The summed E-state index contributed by atoms with van der Waals surface area (Å²) in [5, 5.41) is 86.3. The molecule has 12 unspecified atom stereocenters. The summed E-state index contributed by atoms with van der Waals surface area (Å²) in [4.78, 5) is 13.1. The van der Waals surface area contributed by atoms with Crippen molar-refractivity contribution in [1.82, 2.24) is 5.32 Å². The maximum Gasteiger partial charge on any atom is 0.220 e. The van der Waals surface area contributed by atoms with Crippen LogP contribution in [0.1, 0.15) is 136 Å². The number of unbranched alkanes of at least 4 members (excludes halogenated alkanes) is 13. The second-order valence-corrected chi connectivity index (χ2v) is 15.8. The molecule has 59 heavy (non-hydrogen) atoms. The van der Waals surface area contributed by atoms with Crippen molar-refractivity contribution in [2.75, 3.05) is 19.8 Å². The van der Waals surface area contributed by atoms with Crippen molar-refractivity contribution >= 4 is 5.91 Å². The van der Waals surface area contributed by atoms with E-state index >= 15 is 0 Å². The number of carbonyl (C=O) groups is 1. The molecule has 2 rings (SSSR count). The van der Waals surface area contributed by atoms with Crippen LogP contribution in [0.5, 0.6) is 0 Å². The molecule has 0 saturated carbocycles. The molecule has 0 aliphatic carbocycles.